The first-order valence-corrected chi connectivity index (χ1v) is 14.5. The Morgan fingerprint density at radius 3 is 2.68 bits per heavy atom. The summed E-state index contributed by atoms with van der Waals surface area (Å²) in [7, 11) is 0. The molecule has 1 N–H and O–H groups in total. The number of para-hydroxylation sites is 1. The number of nitrogens with zero attached hydrogens (tertiary/aromatic N) is 2. The van der Waals surface area contributed by atoms with Gasteiger partial charge in [-0.2, -0.15) is 0 Å². The van der Waals surface area contributed by atoms with Crippen molar-refractivity contribution in [3.8, 4) is 0 Å². The smallest absolute Gasteiger partial charge is 0.311 e. The molecule has 2 amide bonds. The molecule has 0 radical (unpaired) electrons. The Labute approximate surface area is 234 Å². The van der Waals surface area contributed by atoms with Crippen LogP contribution in [0.1, 0.15) is 46.0 Å². The summed E-state index contributed by atoms with van der Waals surface area (Å²) in [5.41, 5.74) is 0.533. The normalized spacial score (nSPS) is 30.2. The number of hydrogen-bond donors (Lipinski definition) is 1. The van der Waals surface area contributed by atoms with Gasteiger partial charge in [-0.05, 0) is 51.2 Å². The van der Waals surface area contributed by atoms with Crippen LogP contribution in [-0.2, 0) is 19.1 Å². The number of amides is 2. The Morgan fingerprint density at radius 2 is 2.05 bits per heavy atom. The lowest BCUT2D eigenvalue weighted by Crippen LogP contribution is -2.57. The maximum absolute atomic E-state index is 14.5. The minimum Gasteiger partial charge on any atom is -0.465 e. The maximum Gasteiger partial charge on any atom is 0.311 e. The van der Waals surface area contributed by atoms with Crippen molar-refractivity contribution in [3.63, 3.8) is 0 Å². The molecule has 3 aliphatic heterocycles. The molecule has 1 aromatic carbocycles. The molecular formula is C29H37ClN2O5S. The van der Waals surface area contributed by atoms with Gasteiger partial charge in [0, 0.05) is 11.3 Å². The molecule has 3 heterocycles. The van der Waals surface area contributed by atoms with Gasteiger partial charge in [-0.15, -0.1) is 24.9 Å². The first kappa shape index (κ1) is 28.7. The van der Waals surface area contributed by atoms with Crippen molar-refractivity contribution in [3.05, 3.63) is 54.6 Å². The van der Waals surface area contributed by atoms with E-state index in [0.717, 1.165) is 6.42 Å². The third kappa shape index (κ3) is 4.58. The predicted molar refractivity (Wildman–Crippen MR) is 151 cm³/mol. The van der Waals surface area contributed by atoms with Crippen LogP contribution in [0.4, 0.5) is 5.69 Å². The number of likely N-dealkylation sites (tertiary alicyclic amines) is 1. The highest BCUT2D eigenvalue weighted by atomic mass is 35.5. The van der Waals surface area contributed by atoms with Crippen LogP contribution in [0, 0.1) is 11.8 Å². The van der Waals surface area contributed by atoms with E-state index < -0.39 is 33.4 Å². The van der Waals surface area contributed by atoms with E-state index >= 15 is 0 Å². The number of carbonyl (C=O) groups excluding carboxylic acids is 3. The summed E-state index contributed by atoms with van der Waals surface area (Å²) < 4.78 is 4.34. The molecule has 2 unspecified atom stereocenters. The average Bonchev–Trinajstić information content (AvgIpc) is 3.47. The number of benzene rings is 1. The molecular weight excluding hydrogens is 524 g/mol. The first-order valence-electron chi connectivity index (χ1n) is 13.3. The lowest BCUT2D eigenvalue weighted by atomic mass is 9.66. The third-order valence-electron chi connectivity index (χ3n) is 8.30. The van der Waals surface area contributed by atoms with Crippen LogP contribution >= 0.6 is 23.4 Å². The number of esters is 1. The molecule has 3 saturated heterocycles. The van der Waals surface area contributed by atoms with Crippen molar-refractivity contribution in [1.29, 1.82) is 0 Å². The van der Waals surface area contributed by atoms with E-state index in [4.69, 9.17) is 16.3 Å². The molecule has 2 bridgehead atoms. The first-order chi connectivity index (χ1) is 18.2. The zero-order valence-corrected chi connectivity index (χ0v) is 23.7. The molecule has 0 aliphatic carbocycles. The Kier molecular flexibility index (Phi) is 8.65. The van der Waals surface area contributed by atoms with Crippen LogP contribution in [0.5, 0.6) is 0 Å². The number of halogens is 1. The molecule has 6 atom stereocenters. The van der Waals surface area contributed by atoms with Gasteiger partial charge in [0.2, 0.25) is 5.91 Å². The van der Waals surface area contributed by atoms with Gasteiger partial charge in [0.25, 0.3) is 5.91 Å². The van der Waals surface area contributed by atoms with Crippen molar-refractivity contribution >= 4 is 46.8 Å². The molecule has 0 saturated carbocycles. The van der Waals surface area contributed by atoms with Crippen molar-refractivity contribution in [1.82, 2.24) is 4.90 Å². The maximum atomic E-state index is 14.5. The van der Waals surface area contributed by atoms with Crippen LogP contribution in [-0.4, -0.2) is 69.1 Å². The van der Waals surface area contributed by atoms with E-state index in [0.29, 0.717) is 36.4 Å². The topological polar surface area (TPSA) is 87.1 Å². The molecule has 7 nitrogen and oxygen atoms in total. The number of aliphatic hydroxyl groups excluding tert-OH is 1. The SMILES string of the molecule is C=CCCCOC(=O)[C@@H]1[C@H]2C(=O)N([C@@H](CC)CO)C(C(=O)N(CC=C)c3ccccc3Cl)C23CC[C@@]1(C)S3. The molecule has 1 spiro atoms. The van der Waals surface area contributed by atoms with Gasteiger partial charge >= 0.3 is 5.97 Å². The summed E-state index contributed by atoms with van der Waals surface area (Å²) in [5, 5.41) is 10.7. The lowest BCUT2D eigenvalue weighted by molar-refractivity contribution is -0.156. The quantitative estimate of drug-likeness (QED) is 0.228. The zero-order chi connectivity index (χ0) is 27.7. The summed E-state index contributed by atoms with van der Waals surface area (Å²) >= 11 is 8.09. The number of unbranched alkanes of at least 4 members (excludes halogenated alkanes) is 1. The molecule has 9 heteroatoms. The fourth-order valence-electron chi connectivity index (χ4n) is 6.55. The van der Waals surface area contributed by atoms with E-state index in [2.05, 4.69) is 13.2 Å². The number of thioether (sulfide) groups is 1. The fraction of sp³-hybridized carbons (Fsp3) is 0.552. The molecule has 3 aliphatic rings. The summed E-state index contributed by atoms with van der Waals surface area (Å²) in [4.78, 5) is 45.4. The number of allylic oxidation sites excluding steroid dienone is 1. The Morgan fingerprint density at radius 1 is 1.32 bits per heavy atom. The standard InChI is InChI=1S/C29H37ClN2O5S/c1-5-8-11-17-37-27(36)23-22-25(34)32(19(7-3)18-33)24(29(22)15-14-28(23,4)38-29)26(35)31(16-6-2)21-13-10-9-12-20(21)30/h5-6,9-10,12-13,19,22-24,33H,1-2,7-8,11,14-18H2,3-4H3/t19-,22-,23-,24?,28+,29?/m0/s1. The Balaban J connectivity index is 1.78. The summed E-state index contributed by atoms with van der Waals surface area (Å²) in [6, 6.07) is 5.68. The number of fused-ring (bicyclic) bond motifs is 1. The van der Waals surface area contributed by atoms with Crippen molar-refractivity contribution < 1.29 is 24.2 Å². The van der Waals surface area contributed by atoms with Crippen LogP contribution in [0.2, 0.25) is 5.02 Å². The van der Waals surface area contributed by atoms with Crippen LogP contribution in [0.3, 0.4) is 0 Å². The zero-order valence-electron chi connectivity index (χ0n) is 22.1. The van der Waals surface area contributed by atoms with Crippen molar-refractivity contribution in [2.75, 3.05) is 24.7 Å². The predicted octanol–water partition coefficient (Wildman–Crippen LogP) is 4.62. The highest BCUT2D eigenvalue weighted by molar-refractivity contribution is 8.02. The minimum atomic E-state index is -0.862. The highest BCUT2D eigenvalue weighted by Gasteiger charge is 2.78. The van der Waals surface area contributed by atoms with Crippen LogP contribution in [0.25, 0.3) is 0 Å². The van der Waals surface area contributed by atoms with Gasteiger partial charge < -0.3 is 19.6 Å². The van der Waals surface area contributed by atoms with E-state index in [-0.39, 0.29) is 37.5 Å². The largest absolute Gasteiger partial charge is 0.465 e. The van der Waals surface area contributed by atoms with Crippen molar-refractivity contribution in [2.45, 2.75) is 67.5 Å². The Hall–Kier alpha value is -2.29. The number of ether oxygens (including phenoxy) is 1. The second-order valence-corrected chi connectivity index (χ2v) is 12.8. The molecule has 3 fully saturated rings. The van der Waals surface area contributed by atoms with E-state index in [9.17, 15) is 19.5 Å². The summed E-state index contributed by atoms with van der Waals surface area (Å²) in [5.74, 6) is -2.29. The molecule has 1 aromatic rings. The number of carbonyl (C=O) groups is 3. The van der Waals surface area contributed by atoms with Gasteiger partial charge in [-0.25, -0.2) is 0 Å². The molecule has 38 heavy (non-hydrogen) atoms. The van der Waals surface area contributed by atoms with Gasteiger partial charge in [-0.1, -0.05) is 42.8 Å². The molecule has 4 rings (SSSR count). The Bertz CT molecular complexity index is 1110. The van der Waals surface area contributed by atoms with E-state index in [1.807, 2.05) is 13.8 Å². The second kappa shape index (κ2) is 11.4. The fourth-order valence-corrected chi connectivity index (χ4v) is 9.12. The lowest BCUT2D eigenvalue weighted by Gasteiger charge is -2.39. The number of aliphatic hydroxyl groups is 1. The van der Waals surface area contributed by atoms with Gasteiger partial charge in [0.15, 0.2) is 0 Å². The number of rotatable bonds is 12. The average molecular weight is 561 g/mol. The van der Waals surface area contributed by atoms with E-state index in [1.54, 1.807) is 58.0 Å². The third-order valence-corrected chi connectivity index (χ3v) is 10.6. The summed E-state index contributed by atoms with van der Waals surface area (Å²) in [6.45, 7) is 11.6. The number of anilines is 1. The molecule has 206 valence electrons. The highest BCUT2D eigenvalue weighted by Crippen LogP contribution is 2.72. The van der Waals surface area contributed by atoms with Gasteiger partial charge in [0.1, 0.15) is 6.04 Å². The van der Waals surface area contributed by atoms with Gasteiger partial charge in [-0.3, -0.25) is 14.4 Å². The summed E-state index contributed by atoms with van der Waals surface area (Å²) in [6.07, 6.45) is 6.58. The number of hydrogen-bond acceptors (Lipinski definition) is 6. The molecule has 0 aromatic heterocycles. The monoisotopic (exact) mass is 560 g/mol. The van der Waals surface area contributed by atoms with Crippen molar-refractivity contribution in [2.24, 2.45) is 11.8 Å². The van der Waals surface area contributed by atoms with E-state index in [1.165, 1.54) is 0 Å². The minimum absolute atomic E-state index is 0.203. The second-order valence-electron chi connectivity index (χ2n) is 10.5. The van der Waals surface area contributed by atoms with Gasteiger partial charge in [0.05, 0.1) is 46.5 Å². The van der Waals surface area contributed by atoms with Crippen LogP contribution in [0.15, 0.2) is 49.6 Å². The van der Waals surface area contributed by atoms with Crippen LogP contribution < -0.4 is 4.90 Å².